The summed E-state index contributed by atoms with van der Waals surface area (Å²) in [5.41, 5.74) is 1.49. The smallest absolute Gasteiger partial charge is 0.322 e. The van der Waals surface area contributed by atoms with Crippen LogP contribution in [0.15, 0.2) is 51.8 Å². The summed E-state index contributed by atoms with van der Waals surface area (Å²) in [4.78, 5) is 13.1. The number of carbonyl (C=O) groups is 1. The van der Waals surface area contributed by atoms with Crippen molar-refractivity contribution in [3.63, 3.8) is 0 Å². The maximum absolute atomic E-state index is 13.0. The number of amides is 1. The second-order valence-corrected chi connectivity index (χ2v) is 9.92. The van der Waals surface area contributed by atoms with Crippen LogP contribution in [-0.2, 0) is 14.8 Å². The summed E-state index contributed by atoms with van der Waals surface area (Å²) in [7, 11) is -0.631. The Morgan fingerprint density at radius 1 is 1.12 bits per heavy atom. The minimum atomic E-state index is -3.69. The Morgan fingerprint density at radius 2 is 1.88 bits per heavy atom. The average molecular weight is 487 g/mol. The van der Waals surface area contributed by atoms with Crippen LogP contribution in [0.4, 0.5) is 6.01 Å². The van der Waals surface area contributed by atoms with Crippen molar-refractivity contribution < 1.29 is 27.1 Å². The van der Waals surface area contributed by atoms with Crippen molar-refractivity contribution in [3.8, 4) is 23.0 Å². The van der Waals surface area contributed by atoms with Gasteiger partial charge in [-0.05, 0) is 50.1 Å². The number of nitrogens with one attached hydrogen (secondary N) is 1. The first-order chi connectivity index (χ1) is 16.3. The normalized spacial score (nSPS) is 16.7. The molecule has 4 rings (SSSR count). The number of anilines is 1. The molecule has 0 aliphatic carbocycles. The van der Waals surface area contributed by atoms with E-state index >= 15 is 0 Å². The van der Waals surface area contributed by atoms with Crippen LogP contribution in [-0.4, -0.2) is 56.1 Å². The minimum Gasteiger partial charge on any atom is -0.497 e. The highest BCUT2D eigenvalue weighted by atomic mass is 32.2. The van der Waals surface area contributed by atoms with Gasteiger partial charge < -0.3 is 13.9 Å². The minimum absolute atomic E-state index is 0.0761. The highest BCUT2D eigenvalue weighted by molar-refractivity contribution is 7.89. The fraction of sp³-hybridized carbons (Fsp3) is 0.348. The van der Waals surface area contributed by atoms with Crippen LogP contribution in [0.3, 0.4) is 0 Å². The zero-order chi connectivity index (χ0) is 24.3. The van der Waals surface area contributed by atoms with Crippen LogP contribution in [0.5, 0.6) is 11.5 Å². The molecule has 34 heavy (non-hydrogen) atoms. The van der Waals surface area contributed by atoms with Gasteiger partial charge in [-0.25, -0.2) is 8.42 Å². The van der Waals surface area contributed by atoms with Gasteiger partial charge in [0.1, 0.15) is 11.5 Å². The molecule has 1 amide bonds. The lowest BCUT2D eigenvalue weighted by atomic mass is 9.99. The third-order valence-electron chi connectivity index (χ3n) is 5.71. The first kappa shape index (κ1) is 23.7. The van der Waals surface area contributed by atoms with Crippen molar-refractivity contribution in [3.05, 3.63) is 48.0 Å². The molecule has 2 aromatic carbocycles. The van der Waals surface area contributed by atoms with E-state index < -0.39 is 15.9 Å². The van der Waals surface area contributed by atoms with Gasteiger partial charge in [0.15, 0.2) is 0 Å². The molecular formula is C23H26N4O6S. The van der Waals surface area contributed by atoms with Crippen molar-refractivity contribution in [1.82, 2.24) is 14.5 Å². The van der Waals surface area contributed by atoms with E-state index in [1.54, 1.807) is 42.5 Å². The molecule has 1 atom stereocenters. The molecule has 1 aliphatic rings. The number of benzene rings is 2. The number of nitrogens with zero attached hydrogens (tertiary/aromatic N) is 3. The van der Waals surface area contributed by atoms with Gasteiger partial charge in [0.25, 0.3) is 5.89 Å². The zero-order valence-electron chi connectivity index (χ0n) is 19.1. The van der Waals surface area contributed by atoms with E-state index in [1.807, 2.05) is 6.92 Å². The predicted molar refractivity (Wildman–Crippen MR) is 124 cm³/mol. The molecule has 11 heteroatoms. The lowest BCUT2D eigenvalue weighted by Crippen LogP contribution is -2.43. The predicted octanol–water partition coefficient (Wildman–Crippen LogP) is 3.10. The fourth-order valence-electron chi connectivity index (χ4n) is 3.81. The van der Waals surface area contributed by atoms with E-state index in [-0.39, 0.29) is 29.3 Å². The molecule has 1 aliphatic heterocycles. The number of rotatable bonds is 7. The maximum Gasteiger partial charge on any atom is 0.322 e. The van der Waals surface area contributed by atoms with Gasteiger partial charge in [0.2, 0.25) is 15.9 Å². The molecule has 1 N–H and O–H groups in total. The first-order valence-corrected chi connectivity index (χ1v) is 12.2. The molecule has 1 fully saturated rings. The Kier molecular flexibility index (Phi) is 6.85. The maximum atomic E-state index is 13.0. The Hall–Kier alpha value is -3.44. The number of aromatic nitrogens is 2. The van der Waals surface area contributed by atoms with E-state index in [9.17, 15) is 13.2 Å². The molecule has 2 heterocycles. The Labute approximate surface area is 197 Å². The van der Waals surface area contributed by atoms with Gasteiger partial charge in [-0.1, -0.05) is 22.8 Å². The standard InChI is InChI=1S/C23H26N4O6S/c1-15-6-9-18(10-7-15)34(29,30)27-12-4-5-16(14-27)21(28)24-23-26-25-22(33-23)19-13-17(31-2)8-11-20(19)32-3/h6-11,13,16H,4-5,12,14H2,1-3H3,(H,24,26,28). The Balaban J connectivity index is 1.47. The van der Waals surface area contributed by atoms with Crippen LogP contribution in [0.1, 0.15) is 18.4 Å². The van der Waals surface area contributed by atoms with E-state index in [4.69, 9.17) is 13.9 Å². The number of sulfonamides is 1. The van der Waals surface area contributed by atoms with Crippen LogP contribution in [0.25, 0.3) is 11.5 Å². The van der Waals surface area contributed by atoms with Crippen LogP contribution < -0.4 is 14.8 Å². The second-order valence-electron chi connectivity index (χ2n) is 7.98. The molecule has 1 unspecified atom stereocenters. The van der Waals surface area contributed by atoms with Crippen LogP contribution >= 0.6 is 0 Å². The van der Waals surface area contributed by atoms with Crippen molar-refractivity contribution >= 4 is 21.9 Å². The average Bonchev–Trinajstić information content (AvgIpc) is 3.32. The number of hydrogen-bond donors (Lipinski definition) is 1. The first-order valence-electron chi connectivity index (χ1n) is 10.8. The SMILES string of the molecule is COc1ccc(OC)c(-c2nnc(NC(=O)C3CCCN(S(=O)(=O)c4ccc(C)cc4)C3)o2)c1. The summed E-state index contributed by atoms with van der Waals surface area (Å²) in [5.74, 6) is 0.314. The summed E-state index contributed by atoms with van der Waals surface area (Å²) in [5, 5.41) is 10.5. The number of piperidine rings is 1. The third-order valence-corrected chi connectivity index (χ3v) is 7.59. The lowest BCUT2D eigenvalue weighted by molar-refractivity contribution is -0.121. The molecule has 0 radical (unpaired) electrons. The number of methoxy groups -OCH3 is 2. The van der Waals surface area contributed by atoms with Gasteiger partial charge in [0, 0.05) is 13.1 Å². The summed E-state index contributed by atoms with van der Waals surface area (Å²) in [6.45, 7) is 2.33. The van der Waals surface area contributed by atoms with E-state index in [2.05, 4.69) is 15.5 Å². The third kappa shape index (κ3) is 4.90. The monoisotopic (exact) mass is 486 g/mol. The molecule has 1 saturated heterocycles. The van der Waals surface area contributed by atoms with Crippen molar-refractivity contribution in [2.75, 3.05) is 32.6 Å². The van der Waals surface area contributed by atoms with Gasteiger partial charge in [-0.3, -0.25) is 10.1 Å². The van der Waals surface area contributed by atoms with E-state index in [0.29, 0.717) is 36.4 Å². The van der Waals surface area contributed by atoms with Crippen molar-refractivity contribution in [1.29, 1.82) is 0 Å². The number of ether oxygens (including phenoxy) is 2. The summed E-state index contributed by atoms with van der Waals surface area (Å²) in [6, 6.07) is 11.7. The van der Waals surface area contributed by atoms with Gasteiger partial charge in [0.05, 0.1) is 30.6 Å². The molecule has 3 aromatic rings. The number of hydrogen-bond acceptors (Lipinski definition) is 8. The molecule has 1 aromatic heterocycles. The highest BCUT2D eigenvalue weighted by Crippen LogP contribution is 2.33. The lowest BCUT2D eigenvalue weighted by Gasteiger charge is -2.30. The van der Waals surface area contributed by atoms with Crippen molar-refractivity contribution in [2.45, 2.75) is 24.7 Å². The molecule has 10 nitrogen and oxygen atoms in total. The van der Waals surface area contributed by atoms with Crippen molar-refractivity contribution in [2.24, 2.45) is 5.92 Å². The number of aryl methyl sites for hydroxylation is 1. The Bertz CT molecular complexity index is 1270. The number of carbonyl (C=O) groups excluding carboxylic acids is 1. The highest BCUT2D eigenvalue weighted by Gasteiger charge is 2.34. The second kappa shape index (κ2) is 9.82. The molecular weight excluding hydrogens is 460 g/mol. The molecule has 180 valence electrons. The van der Waals surface area contributed by atoms with Crippen LogP contribution in [0, 0.1) is 12.8 Å². The molecule has 0 spiro atoms. The molecule has 0 bridgehead atoms. The topological polar surface area (TPSA) is 124 Å². The van der Waals surface area contributed by atoms with Crippen LogP contribution in [0.2, 0.25) is 0 Å². The summed E-state index contributed by atoms with van der Waals surface area (Å²) in [6.07, 6.45) is 1.12. The molecule has 0 saturated carbocycles. The largest absolute Gasteiger partial charge is 0.497 e. The summed E-state index contributed by atoms with van der Waals surface area (Å²) < 4.78 is 43.6. The van der Waals surface area contributed by atoms with E-state index in [1.165, 1.54) is 18.5 Å². The fourth-order valence-corrected chi connectivity index (χ4v) is 5.33. The van der Waals surface area contributed by atoms with E-state index in [0.717, 1.165) is 5.56 Å². The zero-order valence-corrected chi connectivity index (χ0v) is 20.0. The van der Waals surface area contributed by atoms with Gasteiger partial charge in [-0.2, -0.15) is 4.31 Å². The summed E-state index contributed by atoms with van der Waals surface area (Å²) >= 11 is 0. The van der Waals surface area contributed by atoms with Gasteiger partial charge >= 0.3 is 6.01 Å². The quantitative estimate of drug-likeness (QED) is 0.540. The van der Waals surface area contributed by atoms with Gasteiger partial charge in [-0.15, -0.1) is 5.10 Å². The Morgan fingerprint density at radius 3 is 2.59 bits per heavy atom.